The Labute approximate surface area is 92.8 Å². The van der Waals surface area contributed by atoms with Crippen LogP contribution in [0.4, 0.5) is 0 Å². The Bertz CT molecular complexity index is 182. The predicted molar refractivity (Wildman–Crippen MR) is 65.4 cm³/mol. The van der Waals surface area contributed by atoms with Crippen LogP contribution in [0.15, 0.2) is 0 Å². The van der Waals surface area contributed by atoms with Crippen molar-refractivity contribution >= 4 is 17.3 Å². The van der Waals surface area contributed by atoms with Crippen LogP contribution in [0.1, 0.15) is 46.0 Å². The summed E-state index contributed by atoms with van der Waals surface area (Å²) in [6, 6.07) is 0.607. The maximum Gasteiger partial charge on any atom is 0.166 e. The van der Waals surface area contributed by atoms with E-state index in [4.69, 9.17) is 12.2 Å². The molecule has 0 aliphatic heterocycles. The quantitative estimate of drug-likeness (QED) is 0.706. The summed E-state index contributed by atoms with van der Waals surface area (Å²) < 4.78 is 0. The molecule has 2 N–H and O–H groups in total. The van der Waals surface area contributed by atoms with Crippen molar-refractivity contribution in [2.24, 2.45) is 5.92 Å². The van der Waals surface area contributed by atoms with Crippen LogP contribution in [-0.2, 0) is 0 Å². The van der Waals surface area contributed by atoms with E-state index in [2.05, 4.69) is 24.5 Å². The molecule has 1 aliphatic rings. The van der Waals surface area contributed by atoms with E-state index < -0.39 is 0 Å². The van der Waals surface area contributed by atoms with Crippen LogP contribution in [0, 0.1) is 5.92 Å². The van der Waals surface area contributed by atoms with Gasteiger partial charge in [-0.1, -0.05) is 26.7 Å². The molecule has 3 heteroatoms. The molecule has 0 heterocycles. The maximum absolute atomic E-state index is 5.22. The molecular weight excluding hydrogens is 192 g/mol. The zero-order chi connectivity index (χ0) is 10.4. The maximum atomic E-state index is 5.22. The standard InChI is InChI=1S/C11H22N2S/c1-3-7-12-11(14)13-10-6-4-5-9(2)8-10/h9-10H,3-8H2,1-2H3,(H2,12,13,14). The largest absolute Gasteiger partial charge is 0.363 e. The second-order valence-electron chi connectivity index (χ2n) is 4.37. The van der Waals surface area contributed by atoms with E-state index in [0.717, 1.165) is 24.0 Å². The molecule has 2 unspecified atom stereocenters. The number of hydrogen-bond acceptors (Lipinski definition) is 1. The first-order valence-electron chi connectivity index (χ1n) is 5.76. The van der Waals surface area contributed by atoms with E-state index in [9.17, 15) is 0 Å². The van der Waals surface area contributed by atoms with Crippen molar-refractivity contribution < 1.29 is 0 Å². The fourth-order valence-electron chi connectivity index (χ4n) is 2.04. The summed E-state index contributed by atoms with van der Waals surface area (Å²) in [6.07, 6.45) is 6.40. The van der Waals surface area contributed by atoms with Gasteiger partial charge in [0.05, 0.1) is 0 Å². The fraction of sp³-hybridized carbons (Fsp3) is 0.909. The van der Waals surface area contributed by atoms with Crippen LogP contribution in [-0.4, -0.2) is 17.7 Å². The van der Waals surface area contributed by atoms with Gasteiger partial charge in [-0.05, 0) is 37.4 Å². The van der Waals surface area contributed by atoms with Gasteiger partial charge in [-0.3, -0.25) is 0 Å². The van der Waals surface area contributed by atoms with E-state index >= 15 is 0 Å². The van der Waals surface area contributed by atoms with Crippen molar-refractivity contribution in [2.75, 3.05) is 6.54 Å². The van der Waals surface area contributed by atoms with Gasteiger partial charge in [0, 0.05) is 12.6 Å². The molecule has 1 rings (SSSR count). The molecule has 0 radical (unpaired) electrons. The Morgan fingerprint density at radius 2 is 2.21 bits per heavy atom. The monoisotopic (exact) mass is 214 g/mol. The molecule has 2 nitrogen and oxygen atoms in total. The summed E-state index contributed by atoms with van der Waals surface area (Å²) >= 11 is 5.22. The van der Waals surface area contributed by atoms with Crippen LogP contribution in [0.2, 0.25) is 0 Å². The Hall–Kier alpha value is -0.310. The minimum Gasteiger partial charge on any atom is -0.363 e. The molecule has 0 aromatic heterocycles. The van der Waals surface area contributed by atoms with Crippen molar-refractivity contribution in [1.29, 1.82) is 0 Å². The predicted octanol–water partition coefficient (Wildman–Crippen LogP) is 2.44. The minimum absolute atomic E-state index is 0.607. The van der Waals surface area contributed by atoms with Crippen LogP contribution in [0.5, 0.6) is 0 Å². The van der Waals surface area contributed by atoms with Gasteiger partial charge in [0.2, 0.25) is 0 Å². The first-order chi connectivity index (χ1) is 6.72. The van der Waals surface area contributed by atoms with Gasteiger partial charge >= 0.3 is 0 Å². The summed E-state index contributed by atoms with van der Waals surface area (Å²) in [5.41, 5.74) is 0. The molecule has 0 aromatic rings. The van der Waals surface area contributed by atoms with Crippen LogP contribution >= 0.6 is 12.2 Å². The number of rotatable bonds is 3. The molecule has 1 fully saturated rings. The van der Waals surface area contributed by atoms with E-state index in [1.165, 1.54) is 25.7 Å². The summed E-state index contributed by atoms with van der Waals surface area (Å²) in [5, 5.41) is 7.46. The van der Waals surface area contributed by atoms with Crippen LogP contribution in [0.25, 0.3) is 0 Å². The topological polar surface area (TPSA) is 24.1 Å². The molecule has 1 saturated carbocycles. The first-order valence-corrected chi connectivity index (χ1v) is 6.17. The molecule has 0 bridgehead atoms. The average Bonchev–Trinajstić information content (AvgIpc) is 2.15. The van der Waals surface area contributed by atoms with Gasteiger partial charge in [0.1, 0.15) is 0 Å². The second kappa shape index (κ2) is 6.23. The van der Waals surface area contributed by atoms with E-state index in [1.807, 2.05) is 0 Å². The van der Waals surface area contributed by atoms with Gasteiger partial charge in [0.15, 0.2) is 5.11 Å². The Balaban J connectivity index is 2.18. The SMILES string of the molecule is CCCNC(=S)NC1CCCC(C)C1. The van der Waals surface area contributed by atoms with Crippen molar-refractivity contribution in [3.8, 4) is 0 Å². The zero-order valence-corrected chi connectivity index (χ0v) is 10.1. The highest BCUT2D eigenvalue weighted by Gasteiger charge is 2.18. The average molecular weight is 214 g/mol. The lowest BCUT2D eigenvalue weighted by Crippen LogP contribution is -2.43. The van der Waals surface area contributed by atoms with Crippen LogP contribution < -0.4 is 10.6 Å². The highest BCUT2D eigenvalue weighted by atomic mass is 32.1. The molecule has 82 valence electrons. The molecule has 0 spiro atoms. The Morgan fingerprint density at radius 1 is 1.43 bits per heavy atom. The highest BCUT2D eigenvalue weighted by Crippen LogP contribution is 2.23. The minimum atomic E-state index is 0.607. The number of nitrogens with one attached hydrogen (secondary N) is 2. The third-order valence-corrected chi connectivity index (χ3v) is 3.07. The van der Waals surface area contributed by atoms with Crippen molar-refractivity contribution in [1.82, 2.24) is 10.6 Å². The summed E-state index contributed by atoms with van der Waals surface area (Å²) in [4.78, 5) is 0. The van der Waals surface area contributed by atoms with Gasteiger partial charge in [-0.25, -0.2) is 0 Å². The van der Waals surface area contributed by atoms with E-state index in [-0.39, 0.29) is 0 Å². The zero-order valence-electron chi connectivity index (χ0n) is 9.31. The number of thiocarbonyl (C=S) groups is 1. The van der Waals surface area contributed by atoms with Crippen molar-refractivity contribution in [3.63, 3.8) is 0 Å². The van der Waals surface area contributed by atoms with Gasteiger partial charge in [-0.15, -0.1) is 0 Å². The second-order valence-corrected chi connectivity index (χ2v) is 4.78. The summed E-state index contributed by atoms with van der Waals surface area (Å²) in [6.45, 7) is 5.46. The Morgan fingerprint density at radius 3 is 2.86 bits per heavy atom. The molecule has 0 saturated heterocycles. The van der Waals surface area contributed by atoms with Gasteiger partial charge in [0.25, 0.3) is 0 Å². The van der Waals surface area contributed by atoms with Gasteiger partial charge in [-0.2, -0.15) is 0 Å². The number of hydrogen-bond donors (Lipinski definition) is 2. The molecule has 0 amide bonds. The fourth-order valence-corrected chi connectivity index (χ4v) is 2.31. The normalized spacial score (nSPS) is 27.0. The molecule has 0 aromatic carbocycles. The lowest BCUT2D eigenvalue weighted by Gasteiger charge is -2.28. The van der Waals surface area contributed by atoms with E-state index in [1.54, 1.807) is 0 Å². The smallest absolute Gasteiger partial charge is 0.166 e. The third kappa shape index (κ3) is 4.27. The van der Waals surface area contributed by atoms with Crippen molar-refractivity contribution in [2.45, 2.75) is 52.0 Å². The highest BCUT2D eigenvalue weighted by molar-refractivity contribution is 7.80. The van der Waals surface area contributed by atoms with Crippen molar-refractivity contribution in [3.05, 3.63) is 0 Å². The van der Waals surface area contributed by atoms with E-state index in [0.29, 0.717) is 6.04 Å². The lowest BCUT2D eigenvalue weighted by atomic mass is 9.87. The Kier molecular flexibility index (Phi) is 5.23. The molecule has 14 heavy (non-hydrogen) atoms. The summed E-state index contributed by atoms with van der Waals surface area (Å²) in [7, 11) is 0. The summed E-state index contributed by atoms with van der Waals surface area (Å²) in [5.74, 6) is 0.857. The third-order valence-electron chi connectivity index (χ3n) is 2.81. The molecule has 1 aliphatic carbocycles. The van der Waals surface area contributed by atoms with Crippen LogP contribution in [0.3, 0.4) is 0 Å². The lowest BCUT2D eigenvalue weighted by molar-refractivity contribution is 0.325. The molecular formula is C11H22N2S. The van der Waals surface area contributed by atoms with Gasteiger partial charge < -0.3 is 10.6 Å². The first kappa shape index (κ1) is 11.8. The molecule has 2 atom stereocenters.